The molecule has 0 spiro atoms. The largest absolute Gasteiger partial charge is 0.302 e. The standard InChI is InChI=1S/C21H18ClNO3S2/c22-16-8-4-13(5-9-16)20-21(14-6-10-17(11-7-14)28(25)26)27-19(23-20)12-15-2-1-3-18(15)24/h4-11,15H,1-3,12H2,(H,25,26). The fraction of sp³-hybridized carbons (Fsp3) is 0.238. The maximum Gasteiger partial charge on any atom is 0.186 e. The van der Waals surface area contributed by atoms with Crippen molar-refractivity contribution in [3.05, 3.63) is 58.6 Å². The number of hydrogen-bond donors (Lipinski definition) is 1. The Hall–Kier alpha value is -1.86. The van der Waals surface area contributed by atoms with E-state index in [1.807, 2.05) is 36.4 Å². The molecule has 3 aromatic rings. The minimum absolute atomic E-state index is 0.0660. The topological polar surface area (TPSA) is 67.3 Å². The summed E-state index contributed by atoms with van der Waals surface area (Å²) in [6, 6.07) is 14.5. The van der Waals surface area contributed by atoms with Crippen LogP contribution in [0.2, 0.25) is 5.02 Å². The molecule has 1 aromatic heterocycles. The smallest absolute Gasteiger partial charge is 0.186 e. The molecule has 1 aliphatic carbocycles. The number of Topliss-reactive ketones (excluding diaryl/α,β-unsaturated/α-hetero) is 1. The lowest BCUT2D eigenvalue weighted by Gasteiger charge is -2.04. The van der Waals surface area contributed by atoms with E-state index in [0.29, 0.717) is 28.5 Å². The van der Waals surface area contributed by atoms with E-state index in [-0.39, 0.29) is 5.92 Å². The number of aromatic nitrogens is 1. The molecule has 0 amide bonds. The number of carbonyl (C=O) groups is 1. The highest BCUT2D eigenvalue weighted by molar-refractivity contribution is 7.79. The van der Waals surface area contributed by atoms with Gasteiger partial charge in [-0.3, -0.25) is 4.79 Å². The molecule has 144 valence electrons. The van der Waals surface area contributed by atoms with Crippen molar-refractivity contribution >= 4 is 39.8 Å². The Morgan fingerprint density at radius 1 is 1.11 bits per heavy atom. The number of ketones is 1. The van der Waals surface area contributed by atoms with Crippen molar-refractivity contribution in [1.29, 1.82) is 0 Å². The highest BCUT2D eigenvalue weighted by Crippen LogP contribution is 2.39. The molecule has 28 heavy (non-hydrogen) atoms. The van der Waals surface area contributed by atoms with Crippen molar-refractivity contribution < 1.29 is 13.6 Å². The minimum atomic E-state index is -2.00. The predicted octanol–water partition coefficient (Wildman–Crippen LogP) is 5.62. The molecular weight excluding hydrogens is 414 g/mol. The number of thiazole rings is 1. The summed E-state index contributed by atoms with van der Waals surface area (Å²) in [5, 5.41) is 1.60. The maximum atomic E-state index is 12.1. The monoisotopic (exact) mass is 431 g/mol. The third kappa shape index (κ3) is 4.10. The molecule has 1 N–H and O–H groups in total. The van der Waals surface area contributed by atoms with E-state index >= 15 is 0 Å². The van der Waals surface area contributed by atoms with Crippen LogP contribution in [0.15, 0.2) is 53.4 Å². The molecule has 2 atom stereocenters. The van der Waals surface area contributed by atoms with Gasteiger partial charge in [-0.05, 0) is 42.7 Å². The summed E-state index contributed by atoms with van der Waals surface area (Å²) < 4.78 is 20.5. The van der Waals surface area contributed by atoms with Crippen molar-refractivity contribution in [1.82, 2.24) is 4.98 Å². The van der Waals surface area contributed by atoms with Crippen LogP contribution in [-0.2, 0) is 22.3 Å². The second kappa shape index (κ2) is 8.25. The van der Waals surface area contributed by atoms with Gasteiger partial charge in [0.2, 0.25) is 0 Å². The number of carbonyl (C=O) groups excluding carboxylic acids is 1. The van der Waals surface area contributed by atoms with E-state index < -0.39 is 11.1 Å². The Labute approximate surface area is 174 Å². The molecule has 7 heteroatoms. The van der Waals surface area contributed by atoms with E-state index in [1.165, 1.54) is 0 Å². The van der Waals surface area contributed by atoms with Gasteiger partial charge in [0.25, 0.3) is 0 Å². The summed E-state index contributed by atoms with van der Waals surface area (Å²) in [6.07, 6.45) is 3.24. The summed E-state index contributed by atoms with van der Waals surface area (Å²) >= 11 is 5.61. The second-order valence-electron chi connectivity index (χ2n) is 6.83. The molecule has 0 bridgehead atoms. The van der Waals surface area contributed by atoms with Crippen molar-refractivity contribution in [2.75, 3.05) is 0 Å². The third-order valence-corrected chi connectivity index (χ3v) is 7.01. The van der Waals surface area contributed by atoms with Gasteiger partial charge in [-0.25, -0.2) is 9.19 Å². The van der Waals surface area contributed by atoms with Crippen molar-refractivity contribution in [3.8, 4) is 21.7 Å². The number of rotatable bonds is 5. The van der Waals surface area contributed by atoms with Crippen LogP contribution in [-0.4, -0.2) is 19.5 Å². The first-order valence-corrected chi connectivity index (χ1v) is 11.3. The number of hydrogen-bond acceptors (Lipinski definition) is 4. The van der Waals surface area contributed by atoms with Gasteiger partial charge in [0.1, 0.15) is 5.78 Å². The molecule has 4 rings (SSSR count). The normalized spacial score (nSPS) is 17.8. The van der Waals surface area contributed by atoms with Gasteiger partial charge in [-0.1, -0.05) is 35.9 Å². The number of nitrogens with zero attached hydrogens (tertiary/aromatic N) is 1. The number of halogens is 1. The molecule has 0 saturated heterocycles. The average molecular weight is 432 g/mol. The molecule has 1 saturated carbocycles. The van der Waals surface area contributed by atoms with Crippen LogP contribution in [0, 0.1) is 5.92 Å². The van der Waals surface area contributed by atoms with Crippen LogP contribution in [0.1, 0.15) is 24.3 Å². The van der Waals surface area contributed by atoms with Crippen LogP contribution < -0.4 is 0 Å². The van der Waals surface area contributed by atoms with Crippen LogP contribution in [0.4, 0.5) is 0 Å². The third-order valence-electron chi connectivity index (χ3n) is 4.96. The molecule has 1 fully saturated rings. The van der Waals surface area contributed by atoms with E-state index in [1.54, 1.807) is 23.5 Å². The molecule has 1 heterocycles. The fourth-order valence-electron chi connectivity index (χ4n) is 3.49. The van der Waals surface area contributed by atoms with Crippen molar-refractivity contribution in [3.63, 3.8) is 0 Å². The fourth-order valence-corrected chi connectivity index (χ4v) is 5.15. The Morgan fingerprint density at radius 2 is 1.79 bits per heavy atom. The van der Waals surface area contributed by atoms with E-state index in [0.717, 1.165) is 39.5 Å². The highest BCUT2D eigenvalue weighted by Gasteiger charge is 2.26. The molecule has 0 aliphatic heterocycles. The van der Waals surface area contributed by atoms with Crippen LogP contribution in [0.5, 0.6) is 0 Å². The predicted molar refractivity (Wildman–Crippen MR) is 113 cm³/mol. The SMILES string of the molecule is O=C1CCCC1Cc1nc(-c2ccc(Cl)cc2)c(-c2ccc(S(=O)O)cc2)s1. The first-order chi connectivity index (χ1) is 13.5. The maximum absolute atomic E-state index is 12.1. The minimum Gasteiger partial charge on any atom is -0.302 e. The number of benzene rings is 2. The van der Waals surface area contributed by atoms with E-state index in [2.05, 4.69) is 0 Å². The quantitative estimate of drug-likeness (QED) is 0.532. The zero-order chi connectivity index (χ0) is 19.7. The Kier molecular flexibility index (Phi) is 5.73. The molecule has 1 aliphatic rings. The van der Waals surface area contributed by atoms with Gasteiger partial charge in [0.05, 0.1) is 20.5 Å². The zero-order valence-electron chi connectivity index (χ0n) is 14.9. The second-order valence-corrected chi connectivity index (χ2v) is 9.32. The van der Waals surface area contributed by atoms with Crippen LogP contribution >= 0.6 is 22.9 Å². The van der Waals surface area contributed by atoms with Crippen molar-refractivity contribution in [2.45, 2.75) is 30.6 Å². The lowest BCUT2D eigenvalue weighted by Crippen LogP contribution is -2.09. The van der Waals surface area contributed by atoms with Gasteiger partial charge >= 0.3 is 0 Å². The molecule has 2 unspecified atom stereocenters. The van der Waals surface area contributed by atoms with Crippen LogP contribution in [0.25, 0.3) is 21.7 Å². The van der Waals surface area contributed by atoms with Gasteiger partial charge in [-0.2, -0.15) is 0 Å². The summed E-state index contributed by atoms with van der Waals surface area (Å²) in [6.45, 7) is 0. The average Bonchev–Trinajstić information content (AvgIpc) is 3.29. The highest BCUT2D eigenvalue weighted by atomic mass is 35.5. The van der Waals surface area contributed by atoms with Gasteiger partial charge < -0.3 is 4.55 Å². The van der Waals surface area contributed by atoms with E-state index in [4.69, 9.17) is 16.6 Å². The van der Waals surface area contributed by atoms with Gasteiger partial charge in [0.15, 0.2) is 11.1 Å². The Bertz CT molecular complexity index is 1030. The Morgan fingerprint density at radius 3 is 2.39 bits per heavy atom. The first-order valence-electron chi connectivity index (χ1n) is 9.01. The van der Waals surface area contributed by atoms with Gasteiger partial charge in [-0.15, -0.1) is 11.3 Å². The van der Waals surface area contributed by atoms with E-state index in [9.17, 15) is 13.6 Å². The zero-order valence-corrected chi connectivity index (χ0v) is 17.3. The lowest BCUT2D eigenvalue weighted by molar-refractivity contribution is -0.120. The summed E-state index contributed by atoms with van der Waals surface area (Å²) in [5.41, 5.74) is 2.73. The molecule has 4 nitrogen and oxygen atoms in total. The van der Waals surface area contributed by atoms with Crippen molar-refractivity contribution in [2.24, 2.45) is 5.92 Å². The summed E-state index contributed by atoms with van der Waals surface area (Å²) in [4.78, 5) is 18.3. The van der Waals surface area contributed by atoms with Gasteiger partial charge in [0, 0.05) is 29.3 Å². The molecular formula is C21H18ClNO3S2. The first kappa shape index (κ1) is 19.5. The molecule has 2 aromatic carbocycles. The Balaban J connectivity index is 1.74. The van der Waals surface area contributed by atoms with Crippen LogP contribution in [0.3, 0.4) is 0 Å². The lowest BCUT2D eigenvalue weighted by atomic mass is 10.0. The summed E-state index contributed by atoms with van der Waals surface area (Å²) in [5.74, 6) is 0.399. The summed E-state index contributed by atoms with van der Waals surface area (Å²) in [7, 11) is 0. The molecule has 0 radical (unpaired) electrons.